The van der Waals surface area contributed by atoms with E-state index in [2.05, 4.69) is 10.3 Å². The molecule has 0 saturated heterocycles. The van der Waals surface area contributed by atoms with E-state index in [-0.39, 0.29) is 4.90 Å². The van der Waals surface area contributed by atoms with Crippen molar-refractivity contribution in [1.82, 2.24) is 4.98 Å². The number of sulfone groups is 1. The lowest BCUT2D eigenvalue weighted by atomic mass is 10.2. The number of nitrogens with zero attached hydrogens (tertiary/aromatic N) is 1. The fourth-order valence-electron chi connectivity index (χ4n) is 2.21. The van der Waals surface area contributed by atoms with Crippen LogP contribution in [0.15, 0.2) is 53.6 Å². The standard InChI is InChI=1S/C16H13FN2O3S/c1-23(21,22)11-3-5-14-12(9-11)15(6-7-18-14)19-10-2-4-13(17)16(20)8-10/h2-9,20H,1H3,(H,18,19). The summed E-state index contributed by atoms with van der Waals surface area (Å²) in [5, 5.41) is 13.1. The number of aromatic nitrogens is 1. The zero-order valence-corrected chi connectivity index (χ0v) is 12.9. The van der Waals surface area contributed by atoms with Gasteiger partial charge >= 0.3 is 0 Å². The van der Waals surface area contributed by atoms with Crippen LogP contribution in [0.5, 0.6) is 5.75 Å². The molecule has 0 saturated carbocycles. The van der Waals surface area contributed by atoms with Crippen molar-refractivity contribution < 1.29 is 17.9 Å². The van der Waals surface area contributed by atoms with Gasteiger partial charge in [-0.15, -0.1) is 0 Å². The number of hydrogen-bond acceptors (Lipinski definition) is 5. The molecule has 0 atom stereocenters. The molecule has 1 heterocycles. The van der Waals surface area contributed by atoms with E-state index in [9.17, 15) is 17.9 Å². The monoisotopic (exact) mass is 332 g/mol. The fourth-order valence-corrected chi connectivity index (χ4v) is 2.86. The number of nitrogens with one attached hydrogen (secondary N) is 1. The first-order chi connectivity index (χ1) is 10.8. The number of anilines is 2. The molecule has 0 bridgehead atoms. The van der Waals surface area contributed by atoms with Gasteiger partial charge < -0.3 is 10.4 Å². The van der Waals surface area contributed by atoms with Gasteiger partial charge in [0, 0.05) is 35.3 Å². The van der Waals surface area contributed by atoms with Crippen molar-refractivity contribution in [2.75, 3.05) is 11.6 Å². The van der Waals surface area contributed by atoms with E-state index in [0.717, 1.165) is 12.3 Å². The van der Waals surface area contributed by atoms with Gasteiger partial charge in [-0.2, -0.15) is 0 Å². The Morgan fingerprint density at radius 2 is 1.91 bits per heavy atom. The summed E-state index contributed by atoms with van der Waals surface area (Å²) < 4.78 is 36.5. The summed E-state index contributed by atoms with van der Waals surface area (Å²) >= 11 is 0. The molecule has 3 rings (SSSR count). The number of fused-ring (bicyclic) bond motifs is 1. The quantitative estimate of drug-likeness (QED) is 0.770. The first-order valence-corrected chi connectivity index (χ1v) is 8.58. The highest BCUT2D eigenvalue weighted by Crippen LogP contribution is 2.29. The third kappa shape index (κ3) is 3.09. The van der Waals surface area contributed by atoms with Gasteiger partial charge in [0.15, 0.2) is 21.4 Å². The Hall–Kier alpha value is -2.67. The SMILES string of the molecule is CS(=O)(=O)c1ccc2nccc(Nc3ccc(F)c(O)c3)c2c1. The van der Waals surface area contributed by atoms with Crippen molar-refractivity contribution in [3.8, 4) is 5.75 Å². The number of phenols is 1. The van der Waals surface area contributed by atoms with Crippen molar-refractivity contribution in [2.45, 2.75) is 4.90 Å². The van der Waals surface area contributed by atoms with E-state index in [1.165, 1.54) is 24.3 Å². The Kier molecular flexibility index (Phi) is 3.65. The van der Waals surface area contributed by atoms with Crippen LogP contribution in [0.1, 0.15) is 0 Å². The molecule has 0 radical (unpaired) electrons. The van der Waals surface area contributed by atoms with Gasteiger partial charge in [0.2, 0.25) is 0 Å². The average Bonchev–Trinajstić information content (AvgIpc) is 2.50. The van der Waals surface area contributed by atoms with Crippen LogP contribution < -0.4 is 5.32 Å². The number of pyridine rings is 1. The van der Waals surface area contributed by atoms with Crippen molar-refractivity contribution in [3.63, 3.8) is 0 Å². The molecule has 5 nitrogen and oxygen atoms in total. The average molecular weight is 332 g/mol. The smallest absolute Gasteiger partial charge is 0.175 e. The minimum atomic E-state index is -3.34. The molecule has 0 aliphatic rings. The van der Waals surface area contributed by atoms with Gasteiger partial charge in [-0.05, 0) is 36.4 Å². The molecular formula is C16H13FN2O3S. The van der Waals surface area contributed by atoms with E-state index >= 15 is 0 Å². The second-order valence-electron chi connectivity index (χ2n) is 5.10. The number of aromatic hydroxyl groups is 1. The molecule has 0 amide bonds. The number of benzene rings is 2. The van der Waals surface area contributed by atoms with E-state index in [1.807, 2.05) is 0 Å². The van der Waals surface area contributed by atoms with Crippen molar-refractivity contribution in [1.29, 1.82) is 0 Å². The summed E-state index contributed by atoms with van der Waals surface area (Å²) in [7, 11) is -3.34. The normalized spacial score (nSPS) is 11.6. The van der Waals surface area contributed by atoms with Crippen LogP contribution in [-0.2, 0) is 9.84 Å². The molecule has 0 aliphatic heterocycles. The number of phenolic OH excluding ortho intramolecular Hbond substituents is 1. The van der Waals surface area contributed by atoms with Gasteiger partial charge in [-0.1, -0.05) is 0 Å². The molecule has 0 spiro atoms. The molecular weight excluding hydrogens is 319 g/mol. The van der Waals surface area contributed by atoms with Crippen LogP contribution in [0, 0.1) is 5.82 Å². The molecule has 3 aromatic rings. The zero-order valence-electron chi connectivity index (χ0n) is 12.1. The Bertz CT molecular complexity index is 1000. The molecule has 1 aromatic heterocycles. The summed E-state index contributed by atoms with van der Waals surface area (Å²) in [6.45, 7) is 0. The predicted octanol–water partition coefficient (Wildman–Crippen LogP) is 3.23. The Morgan fingerprint density at radius 1 is 1.13 bits per heavy atom. The first-order valence-electron chi connectivity index (χ1n) is 6.69. The van der Waals surface area contributed by atoms with Gasteiger partial charge in [0.05, 0.1) is 10.4 Å². The highest BCUT2D eigenvalue weighted by atomic mass is 32.2. The Balaban J connectivity index is 2.11. The van der Waals surface area contributed by atoms with Crippen LogP contribution in [-0.4, -0.2) is 24.8 Å². The molecule has 2 N–H and O–H groups in total. The van der Waals surface area contributed by atoms with Crippen LogP contribution in [0.4, 0.5) is 15.8 Å². The second-order valence-corrected chi connectivity index (χ2v) is 7.12. The van der Waals surface area contributed by atoms with E-state index < -0.39 is 21.4 Å². The molecule has 0 aliphatic carbocycles. The summed E-state index contributed by atoms with van der Waals surface area (Å²) in [5.41, 5.74) is 1.70. The van der Waals surface area contributed by atoms with Crippen LogP contribution >= 0.6 is 0 Å². The lowest BCUT2D eigenvalue weighted by Gasteiger charge is -2.11. The second kappa shape index (κ2) is 5.51. The minimum absolute atomic E-state index is 0.183. The highest BCUT2D eigenvalue weighted by Gasteiger charge is 2.11. The number of hydrogen-bond donors (Lipinski definition) is 2. The molecule has 118 valence electrons. The summed E-state index contributed by atoms with van der Waals surface area (Å²) in [4.78, 5) is 4.38. The fraction of sp³-hybridized carbons (Fsp3) is 0.0625. The lowest BCUT2D eigenvalue weighted by Crippen LogP contribution is -1.98. The van der Waals surface area contributed by atoms with Crippen LogP contribution in [0.3, 0.4) is 0 Å². The molecule has 23 heavy (non-hydrogen) atoms. The number of rotatable bonds is 3. The third-order valence-electron chi connectivity index (χ3n) is 3.37. The van der Waals surface area contributed by atoms with Gasteiger partial charge in [0.1, 0.15) is 0 Å². The summed E-state index contributed by atoms with van der Waals surface area (Å²) in [6, 6.07) is 10.2. The zero-order chi connectivity index (χ0) is 16.6. The van der Waals surface area contributed by atoms with Crippen molar-refractivity contribution in [2.24, 2.45) is 0 Å². The molecule has 0 unspecified atom stereocenters. The number of halogens is 1. The van der Waals surface area contributed by atoms with Crippen LogP contribution in [0.25, 0.3) is 10.9 Å². The highest BCUT2D eigenvalue weighted by molar-refractivity contribution is 7.90. The van der Waals surface area contributed by atoms with E-state index in [1.54, 1.807) is 18.3 Å². The van der Waals surface area contributed by atoms with E-state index in [0.29, 0.717) is 22.3 Å². The first kappa shape index (κ1) is 15.2. The van der Waals surface area contributed by atoms with Gasteiger partial charge in [-0.25, -0.2) is 12.8 Å². The van der Waals surface area contributed by atoms with Gasteiger partial charge in [0.25, 0.3) is 0 Å². The predicted molar refractivity (Wildman–Crippen MR) is 86.2 cm³/mol. The lowest BCUT2D eigenvalue weighted by molar-refractivity contribution is 0.433. The minimum Gasteiger partial charge on any atom is -0.505 e. The summed E-state index contributed by atoms with van der Waals surface area (Å²) in [6.07, 6.45) is 2.71. The Morgan fingerprint density at radius 3 is 2.61 bits per heavy atom. The van der Waals surface area contributed by atoms with E-state index in [4.69, 9.17) is 0 Å². The maximum Gasteiger partial charge on any atom is 0.175 e. The summed E-state index contributed by atoms with van der Waals surface area (Å²) in [5.74, 6) is -1.18. The topological polar surface area (TPSA) is 79.3 Å². The largest absolute Gasteiger partial charge is 0.505 e. The van der Waals surface area contributed by atoms with Gasteiger partial charge in [-0.3, -0.25) is 4.98 Å². The van der Waals surface area contributed by atoms with Crippen molar-refractivity contribution >= 4 is 32.1 Å². The third-order valence-corrected chi connectivity index (χ3v) is 4.48. The molecule has 2 aromatic carbocycles. The Labute approximate surface area is 132 Å². The molecule has 7 heteroatoms. The van der Waals surface area contributed by atoms with Crippen LogP contribution in [0.2, 0.25) is 0 Å². The van der Waals surface area contributed by atoms with Crippen molar-refractivity contribution in [3.05, 3.63) is 54.5 Å². The maximum absolute atomic E-state index is 13.1. The molecule has 0 fully saturated rings. The maximum atomic E-state index is 13.1.